The van der Waals surface area contributed by atoms with Gasteiger partial charge >= 0.3 is 11.9 Å². The fourth-order valence-electron chi connectivity index (χ4n) is 4.03. The quantitative estimate of drug-likeness (QED) is 0.123. The van der Waals surface area contributed by atoms with Crippen molar-refractivity contribution in [3.8, 4) is 45.8 Å². The Morgan fingerprint density at radius 2 is 0.884 bits per heavy atom. The number of hydrogen-bond acceptors (Lipinski definition) is 8. The molecule has 0 atom stereocenters. The van der Waals surface area contributed by atoms with Crippen molar-refractivity contribution in [2.45, 2.75) is 26.7 Å². The van der Waals surface area contributed by atoms with E-state index in [-0.39, 0.29) is 0 Å². The number of benzene rings is 4. The lowest BCUT2D eigenvalue weighted by Crippen LogP contribution is -2.08. The molecule has 0 radical (unpaired) electrons. The molecule has 43 heavy (non-hydrogen) atoms. The van der Waals surface area contributed by atoms with Crippen molar-refractivity contribution in [1.29, 1.82) is 0 Å². The summed E-state index contributed by atoms with van der Waals surface area (Å²) in [4.78, 5) is 28.3. The van der Waals surface area contributed by atoms with Gasteiger partial charge in [-0.1, -0.05) is 13.8 Å². The van der Waals surface area contributed by atoms with Crippen LogP contribution in [-0.4, -0.2) is 40.3 Å². The van der Waals surface area contributed by atoms with Gasteiger partial charge in [0.2, 0.25) is 0 Å². The van der Waals surface area contributed by atoms with Crippen LogP contribution in [0.15, 0.2) is 97.1 Å². The standard InChI is InChI=1S/C34H31N3O6/c1-3-21-40-27-13-9-25(10-14-27)33(38)42-29-17-5-23(6-18-29)31-35-32(37-36-31)24-7-19-30(20-8-24)43-34(39)26-11-15-28(16-12-26)41-22-4-2/h5-20H,3-4,21-22H2,1-2H3,(H,35,36,37). The van der Waals surface area contributed by atoms with Gasteiger partial charge in [0.15, 0.2) is 11.6 Å². The largest absolute Gasteiger partial charge is 0.494 e. The van der Waals surface area contributed by atoms with Gasteiger partial charge in [0.05, 0.1) is 24.3 Å². The summed E-state index contributed by atoms with van der Waals surface area (Å²) in [6.45, 7) is 5.31. The summed E-state index contributed by atoms with van der Waals surface area (Å²) in [6, 6.07) is 27.7. The molecule has 0 aliphatic carbocycles. The lowest BCUT2D eigenvalue weighted by Gasteiger charge is -2.07. The maximum Gasteiger partial charge on any atom is 0.343 e. The fraction of sp³-hybridized carbons (Fsp3) is 0.176. The second-order valence-electron chi connectivity index (χ2n) is 9.60. The van der Waals surface area contributed by atoms with Crippen LogP contribution in [0.2, 0.25) is 0 Å². The Bertz CT molecular complexity index is 1520. The van der Waals surface area contributed by atoms with Crippen molar-refractivity contribution in [3.63, 3.8) is 0 Å². The predicted octanol–water partition coefficient (Wildman–Crippen LogP) is 7.15. The van der Waals surface area contributed by atoms with Crippen LogP contribution in [0.25, 0.3) is 22.8 Å². The monoisotopic (exact) mass is 577 g/mol. The minimum atomic E-state index is -0.458. The molecule has 5 rings (SSSR count). The molecule has 0 amide bonds. The first-order valence-corrected chi connectivity index (χ1v) is 14.1. The normalized spacial score (nSPS) is 10.7. The van der Waals surface area contributed by atoms with Gasteiger partial charge in [0.1, 0.15) is 23.0 Å². The number of nitrogens with zero attached hydrogens (tertiary/aromatic N) is 2. The Kier molecular flexibility index (Phi) is 9.43. The fourth-order valence-corrected chi connectivity index (χ4v) is 4.03. The molecule has 218 valence electrons. The first-order valence-electron chi connectivity index (χ1n) is 14.1. The van der Waals surface area contributed by atoms with Crippen LogP contribution in [0.4, 0.5) is 0 Å². The van der Waals surface area contributed by atoms with Crippen LogP contribution in [0.3, 0.4) is 0 Å². The van der Waals surface area contributed by atoms with Crippen molar-refractivity contribution in [3.05, 3.63) is 108 Å². The van der Waals surface area contributed by atoms with Gasteiger partial charge in [-0.25, -0.2) is 9.59 Å². The second-order valence-corrected chi connectivity index (χ2v) is 9.60. The van der Waals surface area contributed by atoms with Gasteiger partial charge in [0.25, 0.3) is 0 Å². The van der Waals surface area contributed by atoms with E-state index in [0.717, 1.165) is 24.0 Å². The zero-order chi connectivity index (χ0) is 30.0. The van der Waals surface area contributed by atoms with Gasteiger partial charge < -0.3 is 23.9 Å². The van der Waals surface area contributed by atoms with E-state index in [9.17, 15) is 9.59 Å². The van der Waals surface area contributed by atoms with Crippen molar-refractivity contribution < 1.29 is 28.5 Å². The highest BCUT2D eigenvalue weighted by Gasteiger charge is 2.13. The molecule has 0 fully saturated rings. The molecule has 1 heterocycles. The Morgan fingerprint density at radius 3 is 1.23 bits per heavy atom. The zero-order valence-corrected chi connectivity index (χ0v) is 23.9. The molecule has 0 spiro atoms. The van der Waals surface area contributed by atoms with Crippen LogP contribution in [0.5, 0.6) is 23.0 Å². The maximum atomic E-state index is 12.5. The highest BCUT2D eigenvalue weighted by atomic mass is 16.5. The minimum Gasteiger partial charge on any atom is -0.494 e. The average molecular weight is 578 g/mol. The van der Waals surface area contributed by atoms with Gasteiger partial charge in [-0.15, -0.1) is 10.2 Å². The summed E-state index contributed by atoms with van der Waals surface area (Å²) in [5.41, 5.74) is 2.40. The van der Waals surface area contributed by atoms with Crippen LogP contribution in [0.1, 0.15) is 47.4 Å². The molecule has 1 aromatic heterocycles. The minimum absolute atomic E-state index is 0.408. The van der Waals surface area contributed by atoms with Crippen LogP contribution < -0.4 is 18.9 Å². The molecule has 0 saturated heterocycles. The molecule has 0 bridgehead atoms. The topological polar surface area (TPSA) is 113 Å². The number of aromatic nitrogens is 3. The summed E-state index contributed by atoms with van der Waals surface area (Å²) in [5, 5.41) is 8.49. The molecule has 0 saturated carbocycles. The predicted molar refractivity (Wildman–Crippen MR) is 162 cm³/mol. The Balaban J connectivity index is 1.16. The first kappa shape index (κ1) is 29.1. The second kappa shape index (κ2) is 14.0. The molecule has 0 aliphatic rings. The van der Waals surface area contributed by atoms with Crippen molar-refractivity contribution in [1.82, 2.24) is 15.2 Å². The number of hydrogen-bond donors (Lipinski definition) is 1. The number of carbonyl (C=O) groups excluding carboxylic acids is 2. The van der Waals surface area contributed by atoms with Crippen molar-refractivity contribution >= 4 is 11.9 Å². The smallest absolute Gasteiger partial charge is 0.343 e. The zero-order valence-electron chi connectivity index (χ0n) is 23.9. The summed E-state index contributed by atoms with van der Waals surface area (Å²) in [6.07, 6.45) is 1.82. The number of nitrogens with one attached hydrogen (secondary N) is 1. The van der Waals surface area contributed by atoms with E-state index in [1.165, 1.54) is 0 Å². The third kappa shape index (κ3) is 7.65. The van der Waals surface area contributed by atoms with E-state index in [0.29, 0.717) is 59.0 Å². The number of rotatable bonds is 12. The molecular formula is C34H31N3O6. The van der Waals surface area contributed by atoms with Crippen molar-refractivity contribution in [2.75, 3.05) is 13.2 Å². The van der Waals surface area contributed by atoms with E-state index >= 15 is 0 Å². The van der Waals surface area contributed by atoms with E-state index in [1.807, 2.05) is 13.8 Å². The van der Waals surface area contributed by atoms with Gasteiger partial charge in [-0.3, -0.25) is 0 Å². The highest BCUT2D eigenvalue weighted by Crippen LogP contribution is 2.25. The Hall–Kier alpha value is -5.44. The third-order valence-corrected chi connectivity index (χ3v) is 6.29. The van der Waals surface area contributed by atoms with E-state index in [1.54, 1.807) is 97.1 Å². The highest BCUT2D eigenvalue weighted by molar-refractivity contribution is 5.91. The molecular weight excluding hydrogens is 546 g/mol. The average Bonchev–Trinajstić information content (AvgIpc) is 3.54. The van der Waals surface area contributed by atoms with Crippen LogP contribution >= 0.6 is 0 Å². The lowest BCUT2D eigenvalue weighted by atomic mass is 10.2. The number of H-pyrrole nitrogens is 1. The van der Waals surface area contributed by atoms with Gasteiger partial charge in [-0.05, 0) is 110 Å². The molecule has 4 aromatic carbocycles. The first-order chi connectivity index (χ1) is 21.0. The summed E-state index contributed by atoms with van der Waals surface area (Å²) in [5.74, 6) is 2.43. The number of carbonyl (C=O) groups is 2. The molecule has 9 nitrogen and oxygen atoms in total. The molecule has 1 N–H and O–H groups in total. The van der Waals surface area contributed by atoms with Gasteiger partial charge in [0, 0.05) is 11.1 Å². The molecule has 5 aromatic rings. The third-order valence-electron chi connectivity index (χ3n) is 6.29. The molecule has 0 aliphatic heterocycles. The SMILES string of the molecule is CCCOc1ccc(C(=O)Oc2ccc(-c3nnc(-c4ccc(OC(=O)c5ccc(OCCC)cc5)cc4)[nH]3)cc2)cc1. The van der Waals surface area contributed by atoms with E-state index in [4.69, 9.17) is 18.9 Å². The Morgan fingerprint density at radius 1 is 0.535 bits per heavy atom. The maximum absolute atomic E-state index is 12.5. The molecule has 0 unspecified atom stereocenters. The number of aromatic amines is 1. The summed E-state index contributed by atoms with van der Waals surface area (Å²) in [7, 11) is 0. The van der Waals surface area contributed by atoms with Crippen molar-refractivity contribution in [2.24, 2.45) is 0 Å². The number of ether oxygens (including phenoxy) is 4. The Labute approximate surface area is 249 Å². The lowest BCUT2D eigenvalue weighted by molar-refractivity contribution is 0.0725. The number of esters is 2. The van der Waals surface area contributed by atoms with Crippen LogP contribution in [-0.2, 0) is 0 Å². The van der Waals surface area contributed by atoms with Crippen LogP contribution in [0, 0.1) is 0 Å². The molecule has 9 heteroatoms. The summed E-state index contributed by atoms with van der Waals surface area (Å²) < 4.78 is 22.1. The van der Waals surface area contributed by atoms with E-state index in [2.05, 4.69) is 15.2 Å². The van der Waals surface area contributed by atoms with E-state index < -0.39 is 11.9 Å². The summed E-state index contributed by atoms with van der Waals surface area (Å²) >= 11 is 0. The van der Waals surface area contributed by atoms with Gasteiger partial charge in [-0.2, -0.15) is 0 Å².